The van der Waals surface area contributed by atoms with E-state index in [1.54, 1.807) is 12.4 Å². The molecule has 0 aliphatic rings. The van der Waals surface area contributed by atoms with Crippen LogP contribution in [0.15, 0.2) is 29.6 Å². The van der Waals surface area contributed by atoms with Crippen molar-refractivity contribution in [2.45, 2.75) is 39.8 Å². The minimum atomic E-state index is -0.331. The molecule has 6 nitrogen and oxygen atoms in total. The number of nitrogens with zero attached hydrogens (tertiary/aromatic N) is 2. The van der Waals surface area contributed by atoms with Crippen LogP contribution in [0.2, 0.25) is 0 Å². The van der Waals surface area contributed by atoms with Gasteiger partial charge in [0.05, 0.1) is 6.54 Å². The second kappa shape index (κ2) is 8.31. The Balaban J connectivity index is 1.90. The van der Waals surface area contributed by atoms with Gasteiger partial charge in [0.25, 0.3) is 5.91 Å². The predicted molar refractivity (Wildman–Crippen MR) is 102 cm³/mol. The van der Waals surface area contributed by atoms with Crippen molar-refractivity contribution in [2.75, 3.05) is 13.6 Å². The van der Waals surface area contributed by atoms with Gasteiger partial charge in [-0.3, -0.25) is 9.59 Å². The van der Waals surface area contributed by atoms with Crippen molar-refractivity contribution in [3.8, 4) is 5.75 Å². The minimum Gasteiger partial charge on any atom is -0.486 e. The van der Waals surface area contributed by atoms with E-state index >= 15 is 0 Å². The van der Waals surface area contributed by atoms with Crippen molar-refractivity contribution in [3.05, 3.63) is 45.9 Å². The predicted octanol–water partition coefficient (Wildman–Crippen LogP) is 3.02. The Morgan fingerprint density at radius 3 is 2.50 bits per heavy atom. The summed E-state index contributed by atoms with van der Waals surface area (Å²) in [5, 5.41) is 5.23. The maximum absolute atomic E-state index is 12.4. The van der Waals surface area contributed by atoms with E-state index in [4.69, 9.17) is 4.74 Å². The van der Waals surface area contributed by atoms with Crippen LogP contribution in [0.1, 0.15) is 41.8 Å². The van der Waals surface area contributed by atoms with Crippen LogP contribution in [-0.2, 0) is 11.4 Å². The molecule has 0 atom stereocenters. The first kappa shape index (κ1) is 19.9. The summed E-state index contributed by atoms with van der Waals surface area (Å²) in [6, 6.07) is 7.75. The largest absolute Gasteiger partial charge is 0.486 e. The van der Waals surface area contributed by atoms with Gasteiger partial charge in [-0.2, -0.15) is 0 Å². The molecule has 1 aromatic carbocycles. The van der Waals surface area contributed by atoms with Crippen LogP contribution in [0, 0.1) is 6.92 Å². The van der Waals surface area contributed by atoms with Gasteiger partial charge in [-0.05, 0) is 39.8 Å². The van der Waals surface area contributed by atoms with Gasteiger partial charge in [0.2, 0.25) is 5.91 Å². The quantitative estimate of drug-likeness (QED) is 0.842. The maximum Gasteiger partial charge on any atom is 0.273 e. The monoisotopic (exact) mass is 375 g/mol. The van der Waals surface area contributed by atoms with E-state index in [1.165, 1.54) is 16.2 Å². The van der Waals surface area contributed by atoms with Crippen LogP contribution < -0.4 is 10.1 Å². The molecular formula is C19H25N3O3S. The van der Waals surface area contributed by atoms with E-state index < -0.39 is 0 Å². The number of carbonyl (C=O) groups excluding carboxylic acids is 2. The lowest BCUT2D eigenvalue weighted by Gasteiger charge is -2.23. The number of carbonyl (C=O) groups is 2. The molecule has 26 heavy (non-hydrogen) atoms. The standard InChI is InChI=1S/C19H25N3O3S/c1-13-6-8-14(9-7-13)25-11-17-20-15(12-26-17)18(24)22(5)10-16(23)21-19(2,3)4/h6-9,12H,10-11H2,1-5H3,(H,21,23). The number of hydrogen-bond donors (Lipinski definition) is 1. The number of rotatable bonds is 6. The van der Waals surface area contributed by atoms with Gasteiger partial charge in [0.15, 0.2) is 0 Å². The Hall–Kier alpha value is -2.41. The second-order valence-electron chi connectivity index (χ2n) is 7.19. The number of nitrogens with one attached hydrogen (secondary N) is 1. The molecule has 0 saturated carbocycles. The van der Waals surface area contributed by atoms with Crippen molar-refractivity contribution in [3.63, 3.8) is 0 Å². The van der Waals surface area contributed by atoms with E-state index in [9.17, 15) is 9.59 Å². The van der Waals surface area contributed by atoms with Crippen LogP contribution in [0.25, 0.3) is 0 Å². The highest BCUT2D eigenvalue weighted by atomic mass is 32.1. The van der Waals surface area contributed by atoms with Crippen LogP contribution >= 0.6 is 11.3 Å². The molecule has 0 fully saturated rings. The van der Waals surface area contributed by atoms with Crippen LogP contribution in [0.4, 0.5) is 0 Å². The van der Waals surface area contributed by atoms with Gasteiger partial charge in [-0.25, -0.2) is 4.98 Å². The molecule has 2 rings (SSSR count). The fraction of sp³-hybridized carbons (Fsp3) is 0.421. The number of aromatic nitrogens is 1. The van der Waals surface area contributed by atoms with Gasteiger partial charge in [-0.1, -0.05) is 17.7 Å². The third-order valence-corrected chi connectivity index (χ3v) is 4.22. The zero-order valence-electron chi connectivity index (χ0n) is 15.8. The summed E-state index contributed by atoms with van der Waals surface area (Å²) in [6.07, 6.45) is 0. The fourth-order valence-electron chi connectivity index (χ4n) is 2.20. The Morgan fingerprint density at radius 2 is 1.88 bits per heavy atom. The van der Waals surface area contributed by atoms with E-state index in [0.29, 0.717) is 17.3 Å². The molecular weight excluding hydrogens is 350 g/mol. The summed E-state index contributed by atoms with van der Waals surface area (Å²) in [5.41, 5.74) is 1.16. The summed E-state index contributed by atoms with van der Waals surface area (Å²) in [5.74, 6) is 0.271. The van der Waals surface area contributed by atoms with E-state index in [-0.39, 0.29) is 23.9 Å². The molecule has 0 unspecified atom stereocenters. The lowest BCUT2D eigenvalue weighted by Crippen LogP contribution is -2.46. The van der Waals surface area contributed by atoms with Crippen molar-refractivity contribution >= 4 is 23.2 Å². The van der Waals surface area contributed by atoms with Gasteiger partial charge < -0.3 is 15.0 Å². The highest BCUT2D eigenvalue weighted by molar-refractivity contribution is 7.09. The Morgan fingerprint density at radius 1 is 1.23 bits per heavy atom. The lowest BCUT2D eigenvalue weighted by atomic mass is 10.1. The molecule has 7 heteroatoms. The summed E-state index contributed by atoms with van der Waals surface area (Å²) in [6.45, 7) is 7.99. The van der Waals surface area contributed by atoms with Crippen molar-refractivity contribution < 1.29 is 14.3 Å². The number of hydrogen-bond acceptors (Lipinski definition) is 5. The molecule has 1 aromatic heterocycles. The third-order valence-electron chi connectivity index (χ3n) is 3.40. The average molecular weight is 375 g/mol. The first-order valence-corrected chi connectivity index (χ1v) is 9.22. The van der Waals surface area contributed by atoms with Gasteiger partial charge in [0, 0.05) is 18.0 Å². The number of amides is 2. The summed E-state index contributed by atoms with van der Waals surface area (Å²) < 4.78 is 5.68. The first-order chi connectivity index (χ1) is 12.1. The molecule has 0 bridgehead atoms. The molecule has 140 valence electrons. The van der Waals surface area contributed by atoms with E-state index in [1.807, 2.05) is 52.0 Å². The summed E-state index contributed by atoms with van der Waals surface area (Å²) >= 11 is 1.36. The molecule has 1 heterocycles. The average Bonchev–Trinajstić information content (AvgIpc) is 3.00. The highest BCUT2D eigenvalue weighted by Gasteiger charge is 2.20. The molecule has 0 spiro atoms. The topological polar surface area (TPSA) is 71.5 Å². The van der Waals surface area contributed by atoms with Crippen LogP contribution in [-0.4, -0.2) is 40.8 Å². The van der Waals surface area contributed by atoms with Gasteiger partial charge in [0.1, 0.15) is 23.1 Å². The number of ether oxygens (including phenoxy) is 1. The highest BCUT2D eigenvalue weighted by Crippen LogP contribution is 2.16. The minimum absolute atomic E-state index is 0.0111. The molecule has 0 saturated heterocycles. The zero-order valence-corrected chi connectivity index (χ0v) is 16.6. The normalized spacial score (nSPS) is 11.1. The molecule has 1 N–H and O–H groups in total. The van der Waals surface area contributed by atoms with Crippen LogP contribution in [0.3, 0.4) is 0 Å². The molecule has 0 aliphatic heterocycles. The summed E-state index contributed by atoms with van der Waals surface area (Å²) in [4.78, 5) is 30.0. The SMILES string of the molecule is Cc1ccc(OCc2nc(C(=O)N(C)CC(=O)NC(C)(C)C)cs2)cc1. The molecule has 2 aromatic rings. The molecule has 2 amide bonds. The summed E-state index contributed by atoms with van der Waals surface area (Å²) in [7, 11) is 1.59. The van der Waals surface area contributed by atoms with Gasteiger partial charge >= 0.3 is 0 Å². The van der Waals surface area contributed by atoms with Crippen LogP contribution in [0.5, 0.6) is 5.75 Å². The first-order valence-electron chi connectivity index (χ1n) is 8.34. The number of benzene rings is 1. The van der Waals surface area contributed by atoms with Crippen molar-refractivity contribution in [1.29, 1.82) is 0 Å². The van der Waals surface area contributed by atoms with E-state index in [0.717, 1.165) is 11.3 Å². The third kappa shape index (κ3) is 6.15. The lowest BCUT2D eigenvalue weighted by molar-refractivity contribution is -0.122. The van der Waals surface area contributed by atoms with Crippen molar-refractivity contribution in [2.24, 2.45) is 0 Å². The van der Waals surface area contributed by atoms with Crippen molar-refractivity contribution in [1.82, 2.24) is 15.2 Å². The van der Waals surface area contributed by atoms with E-state index in [2.05, 4.69) is 10.3 Å². The number of likely N-dealkylation sites (N-methyl/N-ethyl adjacent to an activating group) is 1. The van der Waals surface area contributed by atoms with Gasteiger partial charge in [-0.15, -0.1) is 11.3 Å². The molecule has 0 radical (unpaired) electrons. The zero-order chi connectivity index (χ0) is 19.3. The Kier molecular flexibility index (Phi) is 6.37. The Labute approximate surface area is 158 Å². The number of aryl methyl sites for hydroxylation is 1. The molecule has 0 aliphatic carbocycles. The number of thiazole rings is 1. The Bertz CT molecular complexity index is 763. The fourth-order valence-corrected chi connectivity index (χ4v) is 2.87. The maximum atomic E-state index is 12.4. The second-order valence-corrected chi connectivity index (χ2v) is 8.13. The smallest absolute Gasteiger partial charge is 0.273 e.